The highest BCUT2D eigenvalue weighted by Crippen LogP contribution is 2.09. The zero-order chi connectivity index (χ0) is 16.8. The first-order valence-electron chi connectivity index (χ1n) is 7.25. The molecular weight excluding hydrogens is 313 g/mol. The van der Waals surface area contributed by atoms with Gasteiger partial charge in [0.2, 0.25) is 5.88 Å². The van der Waals surface area contributed by atoms with Crippen LogP contribution in [0.4, 0.5) is 4.39 Å². The fourth-order valence-electron chi connectivity index (χ4n) is 1.98. The minimum atomic E-state index is -0.560. The second kappa shape index (κ2) is 7.36. The van der Waals surface area contributed by atoms with E-state index in [4.69, 9.17) is 9.47 Å². The van der Waals surface area contributed by atoms with Gasteiger partial charge in [-0.3, -0.25) is 4.57 Å². The fourth-order valence-corrected chi connectivity index (χ4v) is 1.98. The number of rotatable bonds is 6. The van der Waals surface area contributed by atoms with Crippen LogP contribution in [-0.4, -0.2) is 27.7 Å². The first-order valence-corrected chi connectivity index (χ1v) is 7.25. The van der Waals surface area contributed by atoms with Crippen molar-refractivity contribution in [2.75, 3.05) is 13.2 Å². The monoisotopic (exact) mass is 327 g/mol. The van der Waals surface area contributed by atoms with Crippen LogP contribution in [0.3, 0.4) is 0 Å². The van der Waals surface area contributed by atoms with Crippen molar-refractivity contribution in [3.8, 4) is 17.4 Å². The molecule has 24 heavy (non-hydrogen) atoms. The molecule has 3 aromatic rings. The minimum Gasteiger partial charge on any atom is -0.490 e. The van der Waals surface area contributed by atoms with Gasteiger partial charge in [-0.1, -0.05) is 18.2 Å². The van der Waals surface area contributed by atoms with Gasteiger partial charge in [0.25, 0.3) is 0 Å². The molecule has 0 bridgehead atoms. The number of ether oxygens (including phenoxy) is 2. The van der Waals surface area contributed by atoms with E-state index in [9.17, 15) is 9.18 Å². The maximum atomic E-state index is 12.9. The van der Waals surface area contributed by atoms with Crippen LogP contribution in [0.25, 0.3) is 5.82 Å². The summed E-state index contributed by atoms with van der Waals surface area (Å²) >= 11 is 0. The van der Waals surface area contributed by atoms with E-state index in [1.165, 1.54) is 29.0 Å². The summed E-state index contributed by atoms with van der Waals surface area (Å²) in [6.07, 6.45) is 2.51. The molecule has 0 saturated carbocycles. The zero-order valence-corrected chi connectivity index (χ0v) is 12.6. The lowest BCUT2D eigenvalue weighted by atomic mass is 10.3. The van der Waals surface area contributed by atoms with E-state index in [2.05, 4.69) is 9.97 Å². The summed E-state index contributed by atoms with van der Waals surface area (Å²) in [6, 6.07) is 13.5. The maximum absolute atomic E-state index is 12.9. The van der Waals surface area contributed by atoms with Crippen molar-refractivity contribution in [2.24, 2.45) is 0 Å². The number of pyridine rings is 1. The van der Waals surface area contributed by atoms with Gasteiger partial charge in [0.05, 0.1) is 6.20 Å². The Morgan fingerprint density at radius 1 is 1.00 bits per heavy atom. The molecule has 7 heteroatoms. The molecule has 0 amide bonds. The number of para-hydroxylation sites is 1. The second-order valence-electron chi connectivity index (χ2n) is 4.76. The van der Waals surface area contributed by atoms with Crippen molar-refractivity contribution < 1.29 is 13.9 Å². The van der Waals surface area contributed by atoms with Gasteiger partial charge in [-0.2, -0.15) is 4.98 Å². The van der Waals surface area contributed by atoms with Crippen molar-refractivity contribution in [2.45, 2.75) is 0 Å². The smallest absolute Gasteiger partial charge is 0.356 e. The third kappa shape index (κ3) is 3.95. The van der Waals surface area contributed by atoms with Crippen molar-refractivity contribution in [3.05, 3.63) is 77.2 Å². The predicted octanol–water partition coefficient (Wildman–Crippen LogP) is 2.22. The molecule has 0 aliphatic rings. The van der Waals surface area contributed by atoms with E-state index in [0.717, 1.165) is 11.9 Å². The van der Waals surface area contributed by atoms with Gasteiger partial charge in [-0.15, -0.1) is 0 Å². The molecule has 0 fully saturated rings. The first kappa shape index (κ1) is 15.7. The lowest BCUT2D eigenvalue weighted by Gasteiger charge is -2.08. The number of halogens is 1. The van der Waals surface area contributed by atoms with Crippen molar-refractivity contribution >= 4 is 0 Å². The van der Waals surface area contributed by atoms with Crippen LogP contribution in [0.2, 0.25) is 0 Å². The summed E-state index contributed by atoms with van der Waals surface area (Å²) in [4.78, 5) is 19.6. The highest BCUT2D eigenvalue weighted by atomic mass is 19.1. The molecule has 0 spiro atoms. The van der Waals surface area contributed by atoms with Crippen LogP contribution in [0.15, 0.2) is 65.7 Å². The number of hydrogen-bond acceptors (Lipinski definition) is 5. The molecule has 0 aliphatic carbocycles. The molecule has 0 aliphatic heterocycles. The molecule has 1 aromatic carbocycles. The van der Waals surface area contributed by atoms with Gasteiger partial charge in [-0.25, -0.2) is 14.2 Å². The topological polar surface area (TPSA) is 66.2 Å². The van der Waals surface area contributed by atoms with Crippen LogP contribution >= 0.6 is 0 Å². The SMILES string of the molecule is O=c1nc(OCCOc2ccccc2)ccn1-c1ccc(F)cn1. The van der Waals surface area contributed by atoms with Crippen LogP contribution in [0, 0.1) is 5.82 Å². The van der Waals surface area contributed by atoms with Crippen molar-refractivity contribution in [3.63, 3.8) is 0 Å². The van der Waals surface area contributed by atoms with Gasteiger partial charge in [-0.05, 0) is 24.3 Å². The summed E-state index contributed by atoms with van der Waals surface area (Å²) in [6.45, 7) is 0.578. The lowest BCUT2D eigenvalue weighted by molar-refractivity contribution is 0.211. The lowest BCUT2D eigenvalue weighted by Crippen LogP contribution is -2.22. The Morgan fingerprint density at radius 3 is 2.50 bits per heavy atom. The van der Waals surface area contributed by atoms with Crippen molar-refractivity contribution in [1.82, 2.24) is 14.5 Å². The highest BCUT2D eigenvalue weighted by Gasteiger charge is 2.05. The molecule has 0 saturated heterocycles. The fraction of sp³-hybridized carbons (Fsp3) is 0.118. The van der Waals surface area contributed by atoms with Gasteiger partial charge in [0.1, 0.15) is 30.6 Å². The molecule has 0 unspecified atom stereocenters. The molecule has 0 radical (unpaired) electrons. The summed E-state index contributed by atoms with van der Waals surface area (Å²) in [5, 5.41) is 0. The maximum Gasteiger partial charge on any atom is 0.356 e. The Labute approximate surface area is 137 Å². The average molecular weight is 327 g/mol. The quantitative estimate of drug-likeness (QED) is 0.650. The van der Waals surface area contributed by atoms with Gasteiger partial charge < -0.3 is 9.47 Å². The molecular formula is C17H14FN3O3. The normalized spacial score (nSPS) is 10.4. The Kier molecular flexibility index (Phi) is 4.81. The minimum absolute atomic E-state index is 0.190. The number of benzene rings is 1. The molecule has 6 nitrogen and oxygen atoms in total. The Hall–Kier alpha value is -3.22. The average Bonchev–Trinajstić information content (AvgIpc) is 2.61. The summed E-state index contributed by atoms with van der Waals surface area (Å²) in [7, 11) is 0. The third-order valence-corrected chi connectivity index (χ3v) is 3.08. The van der Waals surface area contributed by atoms with E-state index >= 15 is 0 Å². The molecule has 0 N–H and O–H groups in total. The van der Waals surface area contributed by atoms with Crippen LogP contribution in [-0.2, 0) is 0 Å². The van der Waals surface area contributed by atoms with Crippen molar-refractivity contribution in [1.29, 1.82) is 0 Å². The van der Waals surface area contributed by atoms with Crippen LogP contribution < -0.4 is 15.2 Å². The Bertz CT molecular complexity index is 851. The summed E-state index contributed by atoms with van der Waals surface area (Å²) in [5.41, 5.74) is -0.560. The molecule has 122 valence electrons. The molecule has 2 heterocycles. The van der Waals surface area contributed by atoms with Gasteiger partial charge in [0.15, 0.2) is 0 Å². The number of nitrogens with zero attached hydrogens (tertiary/aromatic N) is 3. The first-order chi connectivity index (χ1) is 11.7. The molecule has 3 rings (SSSR count). The Morgan fingerprint density at radius 2 is 1.79 bits per heavy atom. The van der Waals surface area contributed by atoms with E-state index in [0.29, 0.717) is 6.61 Å². The van der Waals surface area contributed by atoms with Crippen LogP contribution in [0.1, 0.15) is 0 Å². The molecule has 2 aromatic heterocycles. The van der Waals surface area contributed by atoms with Gasteiger partial charge in [0, 0.05) is 12.3 Å². The van der Waals surface area contributed by atoms with E-state index in [-0.39, 0.29) is 18.3 Å². The van der Waals surface area contributed by atoms with E-state index in [1.54, 1.807) is 0 Å². The summed E-state index contributed by atoms with van der Waals surface area (Å²) < 4.78 is 24.9. The Balaban J connectivity index is 1.58. The standard InChI is InChI=1S/C17H14FN3O3/c18-13-6-7-15(19-12-13)21-9-8-16(20-17(21)22)24-11-10-23-14-4-2-1-3-5-14/h1-9,12H,10-11H2. The second-order valence-corrected chi connectivity index (χ2v) is 4.76. The van der Waals surface area contributed by atoms with Crippen LogP contribution in [0.5, 0.6) is 11.6 Å². The van der Waals surface area contributed by atoms with Gasteiger partial charge >= 0.3 is 5.69 Å². The summed E-state index contributed by atoms with van der Waals surface area (Å²) in [5.74, 6) is 0.743. The number of hydrogen-bond donors (Lipinski definition) is 0. The van der Waals surface area contributed by atoms with E-state index < -0.39 is 11.5 Å². The predicted molar refractivity (Wildman–Crippen MR) is 85.0 cm³/mol. The molecule has 0 atom stereocenters. The third-order valence-electron chi connectivity index (χ3n) is 3.08. The highest BCUT2D eigenvalue weighted by molar-refractivity contribution is 5.23. The number of aromatic nitrogens is 3. The van der Waals surface area contributed by atoms with E-state index in [1.807, 2.05) is 30.3 Å². The zero-order valence-electron chi connectivity index (χ0n) is 12.6. The largest absolute Gasteiger partial charge is 0.490 e.